The first-order valence-corrected chi connectivity index (χ1v) is 12.7. The lowest BCUT2D eigenvalue weighted by Crippen LogP contribution is -2.62. The summed E-state index contributed by atoms with van der Waals surface area (Å²) in [5.41, 5.74) is 0.499. The molecule has 1 saturated heterocycles. The minimum Gasteiger partial charge on any atom is -0.393 e. The van der Waals surface area contributed by atoms with E-state index in [2.05, 4.69) is 34.6 Å². The summed E-state index contributed by atoms with van der Waals surface area (Å²) < 4.78 is 6.44. The molecule has 3 heteroatoms. The molecule has 168 valence electrons. The third-order valence-electron chi connectivity index (χ3n) is 10.3. The van der Waals surface area contributed by atoms with Gasteiger partial charge in [0.05, 0.1) is 12.2 Å². The van der Waals surface area contributed by atoms with Gasteiger partial charge in [-0.2, -0.15) is 0 Å². The second-order valence-electron chi connectivity index (χ2n) is 12.3. The summed E-state index contributed by atoms with van der Waals surface area (Å²) in [6.45, 7) is 12.1. The quantitative estimate of drug-likeness (QED) is 0.609. The Kier molecular flexibility index (Phi) is 6.17. The lowest BCUT2D eigenvalue weighted by molar-refractivity contribution is -0.302. The molecule has 4 rings (SSSR count). The number of ether oxygens (including phenoxy) is 1. The molecule has 3 nitrogen and oxygen atoms in total. The zero-order valence-electron chi connectivity index (χ0n) is 19.6. The van der Waals surface area contributed by atoms with Crippen LogP contribution in [0.3, 0.4) is 0 Å². The van der Waals surface area contributed by atoms with Crippen LogP contribution in [0.4, 0.5) is 0 Å². The van der Waals surface area contributed by atoms with E-state index in [0.29, 0.717) is 23.7 Å². The van der Waals surface area contributed by atoms with Crippen molar-refractivity contribution in [2.24, 2.45) is 46.3 Å². The number of fused-ring (bicyclic) bond motifs is 5. The molecule has 0 bridgehead atoms. The molecule has 4 fully saturated rings. The van der Waals surface area contributed by atoms with Crippen LogP contribution in [0.25, 0.3) is 0 Å². The molecule has 0 spiro atoms. The Morgan fingerprint density at radius 2 is 1.55 bits per heavy atom. The highest BCUT2D eigenvalue weighted by Gasteiger charge is 2.63. The molecule has 3 aliphatic carbocycles. The van der Waals surface area contributed by atoms with Crippen LogP contribution in [-0.2, 0) is 4.74 Å². The van der Waals surface area contributed by atoms with Crippen LogP contribution in [0.1, 0.15) is 98.8 Å². The minimum absolute atomic E-state index is 0.101. The highest BCUT2D eigenvalue weighted by Crippen LogP contribution is 2.66. The number of hydrogen-bond donors (Lipinski definition) is 2. The van der Waals surface area contributed by atoms with Crippen molar-refractivity contribution in [2.75, 3.05) is 0 Å². The topological polar surface area (TPSA) is 49.7 Å². The van der Waals surface area contributed by atoms with Crippen molar-refractivity contribution >= 4 is 0 Å². The van der Waals surface area contributed by atoms with Crippen LogP contribution >= 0.6 is 0 Å². The molecular weight excluding hydrogens is 360 g/mol. The molecule has 0 aromatic carbocycles. The Bertz CT molecular complexity index is 576. The van der Waals surface area contributed by atoms with E-state index in [1.807, 2.05) is 0 Å². The van der Waals surface area contributed by atoms with Gasteiger partial charge >= 0.3 is 0 Å². The first-order chi connectivity index (χ1) is 13.7. The summed E-state index contributed by atoms with van der Waals surface area (Å²) in [5.74, 6) is 3.66. The summed E-state index contributed by atoms with van der Waals surface area (Å²) >= 11 is 0. The Morgan fingerprint density at radius 1 is 0.862 bits per heavy atom. The first-order valence-electron chi connectivity index (χ1n) is 12.7. The zero-order valence-corrected chi connectivity index (χ0v) is 19.6. The van der Waals surface area contributed by atoms with Gasteiger partial charge in [-0.3, -0.25) is 0 Å². The highest BCUT2D eigenvalue weighted by molar-refractivity contribution is 5.10. The van der Waals surface area contributed by atoms with Gasteiger partial charge in [-0.1, -0.05) is 53.9 Å². The zero-order chi connectivity index (χ0) is 21.0. The minimum atomic E-state index is -0.693. The van der Waals surface area contributed by atoms with Crippen LogP contribution < -0.4 is 0 Å². The summed E-state index contributed by atoms with van der Waals surface area (Å²) in [5, 5.41) is 21.1. The summed E-state index contributed by atoms with van der Waals surface area (Å²) in [7, 11) is 0. The summed E-state index contributed by atoms with van der Waals surface area (Å²) in [6, 6.07) is 0. The van der Waals surface area contributed by atoms with Gasteiger partial charge in [-0.05, 0) is 85.4 Å². The third kappa shape index (κ3) is 3.72. The van der Waals surface area contributed by atoms with Crippen LogP contribution in [-0.4, -0.2) is 28.7 Å². The monoisotopic (exact) mass is 406 g/mol. The lowest BCUT2D eigenvalue weighted by atomic mass is 9.49. The third-order valence-corrected chi connectivity index (χ3v) is 10.3. The highest BCUT2D eigenvalue weighted by atomic mass is 16.6. The number of aliphatic hydroxyl groups excluding tert-OH is 2. The van der Waals surface area contributed by atoms with Gasteiger partial charge in [-0.15, -0.1) is 0 Å². The molecule has 1 aliphatic heterocycles. The van der Waals surface area contributed by atoms with E-state index in [4.69, 9.17) is 4.74 Å². The first kappa shape index (κ1) is 22.1. The predicted octanol–water partition coefficient (Wildman–Crippen LogP) is 5.78. The standard InChI is InChI=1S/C26H46O3/c1-16(2)7-6-8-17(3)19-9-10-20-23-21(12-14-25(19,20)4)26(5)13-11-18(27)15-22(26)24(28)29-23/h16-24,27-28H,6-15H2,1-5H3/t17-,18+,19-,20+,21+,22-,23-,24?,25-,26-/m1/s1. The van der Waals surface area contributed by atoms with Crippen molar-refractivity contribution < 1.29 is 14.9 Å². The van der Waals surface area contributed by atoms with Gasteiger partial charge in [0, 0.05) is 5.92 Å². The molecule has 29 heavy (non-hydrogen) atoms. The van der Waals surface area contributed by atoms with Crippen molar-refractivity contribution in [1.29, 1.82) is 0 Å². The average Bonchev–Trinajstić information content (AvgIpc) is 3.00. The smallest absolute Gasteiger partial charge is 0.158 e. The van der Waals surface area contributed by atoms with Gasteiger partial charge in [0.1, 0.15) is 0 Å². The normalized spacial score (nSPS) is 50.7. The van der Waals surface area contributed by atoms with Crippen LogP contribution in [0.2, 0.25) is 0 Å². The van der Waals surface area contributed by atoms with E-state index in [1.165, 1.54) is 44.9 Å². The van der Waals surface area contributed by atoms with Gasteiger partial charge < -0.3 is 14.9 Å². The van der Waals surface area contributed by atoms with Crippen LogP contribution in [0, 0.1) is 46.3 Å². The second kappa shape index (κ2) is 8.10. The van der Waals surface area contributed by atoms with E-state index in [0.717, 1.165) is 30.6 Å². The van der Waals surface area contributed by atoms with Crippen molar-refractivity contribution in [3.8, 4) is 0 Å². The van der Waals surface area contributed by atoms with Crippen molar-refractivity contribution in [1.82, 2.24) is 0 Å². The van der Waals surface area contributed by atoms with E-state index in [9.17, 15) is 10.2 Å². The van der Waals surface area contributed by atoms with Crippen LogP contribution in [0.15, 0.2) is 0 Å². The fourth-order valence-corrected chi connectivity index (χ4v) is 8.50. The van der Waals surface area contributed by atoms with E-state index < -0.39 is 6.29 Å². The molecule has 0 radical (unpaired) electrons. The van der Waals surface area contributed by atoms with E-state index in [1.54, 1.807) is 0 Å². The Balaban J connectivity index is 1.50. The molecule has 4 aliphatic rings. The predicted molar refractivity (Wildman–Crippen MR) is 117 cm³/mol. The molecule has 3 saturated carbocycles. The van der Waals surface area contributed by atoms with Crippen molar-refractivity contribution in [2.45, 2.75) is 117 Å². The molecule has 1 heterocycles. The maximum Gasteiger partial charge on any atom is 0.158 e. The van der Waals surface area contributed by atoms with E-state index >= 15 is 0 Å². The number of aliphatic hydroxyl groups is 2. The largest absolute Gasteiger partial charge is 0.393 e. The average molecular weight is 407 g/mol. The molecular formula is C26H46O3. The molecule has 10 atom stereocenters. The van der Waals surface area contributed by atoms with Crippen molar-refractivity contribution in [3.63, 3.8) is 0 Å². The van der Waals surface area contributed by atoms with Gasteiger partial charge in [0.2, 0.25) is 0 Å². The van der Waals surface area contributed by atoms with Gasteiger partial charge in [-0.25, -0.2) is 0 Å². The Hall–Kier alpha value is -0.120. The Labute approximate surface area is 179 Å². The molecule has 0 amide bonds. The lowest BCUT2D eigenvalue weighted by Gasteiger charge is -2.61. The summed E-state index contributed by atoms with van der Waals surface area (Å²) in [6.07, 6.45) is 11.1. The molecule has 0 aromatic heterocycles. The second-order valence-corrected chi connectivity index (χ2v) is 12.3. The molecule has 2 N–H and O–H groups in total. The SMILES string of the molecule is CC(C)CCC[C@@H](C)[C@H]1CC[C@H]2[C@H]3OC(O)[C@H]4C[C@@H](O)CC[C@]4(C)[C@H]3CC[C@]12C. The van der Waals surface area contributed by atoms with Gasteiger partial charge in [0.15, 0.2) is 6.29 Å². The Morgan fingerprint density at radius 3 is 2.28 bits per heavy atom. The van der Waals surface area contributed by atoms with Gasteiger partial charge in [0.25, 0.3) is 0 Å². The van der Waals surface area contributed by atoms with E-state index in [-0.39, 0.29) is 23.5 Å². The molecule has 1 unspecified atom stereocenters. The van der Waals surface area contributed by atoms with Crippen molar-refractivity contribution in [3.05, 3.63) is 0 Å². The fraction of sp³-hybridized carbons (Fsp3) is 1.00. The maximum absolute atomic E-state index is 10.9. The van der Waals surface area contributed by atoms with Crippen LogP contribution in [0.5, 0.6) is 0 Å². The number of rotatable bonds is 5. The molecule has 0 aromatic rings. The fourth-order valence-electron chi connectivity index (χ4n) is 8.50. The summed E-state index contributed by atoms with van der Waals surface area (Å²) in [4.78, 5) is 0. The maximum atomic E-state index is 10.9. The number of hydrogen-bond acceptors (Lipinski definition) is 3.